The topological polar surface area (TPSA) is 43.1 Å². The highest BCUT2D eigenvalue weighted by Crippen LogP contribution is 2.26. The highest BCUT2D eigenvalue weighted by Gasteiger charge is 2.26. The van der Waals surface area contributed by atoms with Crippen LogP contribution in [0.15, 0.2) is 0 Å². The van der Waals surface area contributed by atoms with E-state index in [0.29, 0.717) is 17.7 Å². The molecule has 0 aliphatic heterocycles. The monoisotopic (exact) mass is 225 g/mol. The molecule has 16 heavy (non-hydrogen) atoms. The second kappa shape index (κ2) is 7.83. The Hall–Kier alpha value is -0.370. The van der Waals surface area contributed by atoms with Gasteiger partial charge in [-0.1, -0.05) is 39.0 Å². The molecule has 1 fully saturated rings. The van der Waals surface area contributed by atoms with Crippen molar-refractivity contribution in [3.63, 3.8) is 0 Å². The first-order valence-electron chi connectivity index (χ1n) is 7.02. The Morgan fingerprint density at radius 3 is 2.44 bits per heavy atom. The van der Waals surface area contributed by atoms with Crippen LogP contribution in [0.2, 0.25) is 0 Å². The lowest BCUT2D eigenvalue weighted by Crippen LogP contribution is -2.17. The summed E-state index contributed by atoms with van der Waals surface area (Å²) >= 11 is 0. The molecule has 1 aliphatic carbocycles. The smallest absolute Gasteiger partial charge is 0.136 e. The number of Topliss-reactive ketones (excluding diaryl/α,β-unsaturated/α-hetero) is 1. The van der Waals surface area contributed by atoms with Gasteiger partial charge >= 0.3 is 0 Å². The van der Waals surface area contributed by atoms with E-state index >= 15 is 0 Å². The van der Waals surface area contributed by atoms with Crippen molar-refractivity contribution in [3.8, 4) is 0 Å². The zero-order valence-corrected chi connectivity index (χ0v) is 10.7. The van der Waals surface area contributed by atoms with E-state index in [-0.39, 0.29) is 0 Å². The second-order valence-electron chi connectivity index (χ2n) is 5.25. The summed E-state index contributed by atoms with van der Waals surface area (Å²) in [6, 6.07) is 0.290. The van der Waals surface area contributed by atoms with E-state index in [9.17, 15) is 4.79 Å². The third-order valence-electron chi connectivity index (χ3n) is 3.71. The highest BCUT2D eigenvalue weighted by atomic mass is 16.1. The summed E-state index contributed by atoms with van der Waals surface area (Å²) in [5.41, 5.74) is 5.82. The van der Waals surface area contributed by atoms with Crippen molar-refractivity contribution in [1.29, 1.82) is 0 Å². The van der Waals surface area contributed by atoms with Crippen molar-refractivity contribution in [2.75, 3.05) is 0 Å². The van der Waals surface area contributed by atoms with Gasteiger partial charge in [0.15, 0.2) is 0 Å². The number of carbonyl (C=O) groups excluding carboxylic acids is 1. The Balaban J connectivity index is 1.98. The molecule has 1 rings (SSSR count). The second-order valence-corrected chi connectivity index (χ2v) is 5.25. The van der Waals surface area contributed by atoms with Gasteiger partial charge in [-0.05, 0) is 25.7 Å². The number of nitrogens with two attached hydrogens (primary N) is 1. The van der Waals surface area contributed by atoms with Crippen LogP contribution in [-0.4, -0.2) is 11.8 Å². The molecule has 0 spiro atoms. The average Bonchev–Trinajstić information content (AvgIpc) is 2.70. The Kier molecular flexibility index (Phi) is 6.70. The van der Waals surface area contributed by atoms with Crippen LogP contribution in [0, 0.1) is 5.92 Å². The lowest BCUT2D eigenvalue weighted by atomic mass is 9.97. The van der Waals surface area contributed by atoms with Gasteiger partial charge < -0.3 is 5.73 Å². The number of unbranched alkanes of at least 4 members (excludes halogenated alkanes) is 5. The first kappa shape index (κ1) is 13.7. The Morgan fingerprint density at radius 2 is 1.81 bits per heavy atom. The molecule has 0 radical (unpaired) electrons. The van der Waals surface area contributed by atoms with Gasteiger partial charge in [-0.3, -0.25) is 4.79 Å². The molecule has 2 nitrogen and oxygen atoms in total. The SMILES string of the molecule is CCCCCCCCC(=O)C1CCC(N)C1. The molecular formula is C14H27NO. The van der Waals surface area contributed by atoms with Gasteiger partial charge in [0.25, 0.3) is 0 Å². The molecule has 1 aliphatic rings. The fourth-order valence-corrected chi connectivity index (χ4v) is 2.59. The van der Waals surface area contributed by atoms with Crippen molar-refractivity contribution in [3.05, 3.63) is 0 Å². The van der Waals surface area contributed by atoms with Crippen LogP contribution in [0.1, 0.15) is 71.1 Å². The van der Waals surface area contributed by atoms with E-state index in [1.54, 1.807) is 0 Å². The first-order valence-corrected chi connectivity index (χ1v) is 7.02. The van der Waals surface area contributed by atoms with Crippen molar-refractivity contribution in [2.45, 2.75) is 77.2 Å². The van der Waals surface area contributed by atoms with Crippen molar-refractivity contribution in [2.24, 2.45) is 11.7 Å². The van der Waals surface area contributed by atoms with Gasteiger partial charge in [-0.25, -0.2) is 0 Å². The summed E-state index contributed by atoms with van der Waals surface area (Å²) in [5.74, 6) is 0.772. The van der Waals surface area contributed by atoms with Gasteiger partial charge in [-0.15, -0.1) is 0 Å². The van der Waals surface area contributed by atoms with E-state index in [1.807, 2.05) is 0 Å². The van der Waals surface area contributed by atoms with Crippen LogP contribution in [0.4, 0.5) is 0 Å². The van der Waals surface area contributed by atoms with E-state index in [2.05, 4.69) is 6.92 Å². The van der Waals surface area contributed by atoms with Crippen LogP contribution in [0.5, 0.6) is 0 Å². The molecule has 0 bridgehead atoms. The summed E-state index contributed by atoms with van der Waals surface area (Å²) in [7, 11) is 0. The Bertz CT molecular complexity index is 203. The van der Waals surface area contributed by atoms with E-state index < -0.39 is 0 Å². The minimum Gasteiger partial charge on any atom is -0.328 e. The lowest BCUT2D eigenvalue weighted by Gasteiger charge is -2.07. The third kappa shape index (κ3) is 5.11. The minimum atomic E-state index is 0.290. The summed E-state index contributed by atoms with van der Waals surface area (Å²) in [6.07, 6.45) is 11.4. The van der Waals surface area contributed by atoms with Gasteiger partial charge in [0, 0.05) is 18.4 Å². The van der Waals surface area contributed by atoms with E-state index in [1.165, 1.54) is 32.1 Å². The quantitative estimate of drug-likeness (QED) is 0.643. The van der Waals surface area contributed by atoms with Crippen LogP contribution < -0.4 is 5.73 Å². The lowest BCUT2D eigenvalue weighted by molar-refractivity contribution is -0.122. The molecule has 0 saturated heterocycles. The predicted octanol–water partition coefficient (Wildman–Crippen LogP) is 3.43. The molecular weight excluding hydrogens is 198 g/mol. The largest absolute Gasteiger partial charge is 0.328 e. The number of hydrogen-bond acceptors (Lipinski definition) is 2. The molecule has 1 saturated carbocycles. The summed E-state index contributed by atoms with van der Waals surface area (Å²) < 4.78 is 0. The van der Waals surface area contributed by atoms with Gasteiger partial charge in [-0.2, -0.15) is 0 Å². The normalized spacial score (nSPS) is 24.9. The van der Waals surface area contributed by atoms with Crippen molar-refractivity contribution in [1.82, 2.24) is 0 Å². The molecule has 2 heteroatoms. The third-order valence-corrected chi connectivity index (χ3v) is 3.71. The Labute approximate surface area is 100.0 Å². The maximum absolute atomic E-state index is 11.8. The zero-order chi connectivity index (χ0) is 11.8. The fourth-order valence-electron chi connectivity index (χ4n) is 2.59. The van der Waals surface area contributed by atoms with Crippen LogP contribution in [0.25, 0.3) is 0 Å². The molecule has 0 amide bonds. The molecule has 0 aromatic rings. The molecule has 0 aromatic carbocycles. The standard InChI is InChI=1S/C14H27NO/c1-2-3-4-5-6-7-8-14(16)12-9-10-13(15)11-12/h12-13H,2-11,15H2,1H3. The molecule has 2 atom stereocenters. The number of hydrogen-bond donors (Lipinski definition) is 1. The van der Waals surface area contributed by atoms with Crippen molar-refractivity contribution >= 4 is 5.78 Å². The van der Waals surface area contributed by atoms with Gasteiger partial charge in [0.1, 0.15) is 5.78 Å². The zero-order valence-electron chi connectivity index (χ0n) is 10.7. The first-order chi connectivity index (χ1) is 7.74. The molecule has 2 N–H and O–H groups in total. The maximum Gasteiger partial charge on any atom is 0.136 e. The highest BCUT2D eigenvalue weighted by molar-refractivity contribution is 5.81. The number of rotatable bonds is 8. The summed E-state index contributed by atoms with van der Waals surface area (Å²) in [6.45, 7) is 2.23. The average molecular weight is 225 g/mol. The van der Waals surface area contributed by atoms with E-state index in [0.717, 1.165) is 32.1 Å². The minimum absolute atomic E-state index is 0.290. The number of ketones is 1. The molecule has 0 heterocycles. The molecule has 0 aromatic heterocycles. The predicted molar refractivity (Wildman–Crippen MR) is 68.3 cm³/mol. The summed E-state index contributed by atoms with van der Waals surface area (Å²) in [4.78, 5) is 11.8. The number of carbonyl (C=O) groups is 1. The van der Waals surface area contributed by atoms with Crippen LogP contribution in [0.3, 0.4) is 0 Å². The van der Waals surface area contributed by atoms with E-state index in [4.69, 9.17) is 5.73 Å². The van der Waals surface area contributed by atoms with Crippen LogP contribution >= 0.6 is 0 Å². The van der Waals surface area contributed by atoms with Crippen molar-refractivity contribution < 1.29 is 4.79 Å². The van der Waals surface area contributed by atoms with Gasteiger partial charge in [0.2, 0.25) is 0 Å². The Morgan fingerprint density at radius 1 is 1.12 bits per heavy atom. The van der Waals surface area contributed by atoms with Crippen LogP contribution in [-0.2, 0) is 4.79 Å². The van der Waals surface area contributed by atoms with Gasteiger partial charge in [0.05, 0.1) is 0 Å². The maximum atomic E-state index is 11.8. The fraction of sp³-hybridized carbons (Fsp3) is 0.929. The summed E-state index contributed by atoms with van der Waals surface area (Å²) in [5, 5.41) is 0. The molecule has 2 unspecified atom stereocenters. The molecule has 94 valence electrons.